The maximum absolute atomic E-state index is 13.2. The molecule has 0 aliphatic heterocycles. The van der Waals surface area contributed by atoms with E-state index >= 15 is 0 Å². The summed E-state index contributed by atoms with van der Waals surface area (Å²) in [7, 11) is 1.81. The van der Waals surface area contributed by atoms with Crippen LogP contribution in [0.4, 0.5) is 18.9 Å². The summed E-state index contributed by atoms with van der Waals surface area (Å²) < 4.78 is 39.1. The minimum Gasteiger partial charge on any atom is -0.325 e. The molecule has 1 heterocycles. The Hall–Kier alpha value is -3.13. The number of halogens is 3. The van der Waals surface area contributed by atoms with E-state index in [4.69, 9.17) is 0 Å². The number of anilines is 1. The van der Waals surface area contributed by atoms with Crippen molar-refractivity contribution in [3.63, 3.8) is 0 Å². The molecule has 1 amide bonds. The van der Waals surface area contributed by atoms with Crippen LogP contribution in [0, 0.1) is 17.5 Å². The van der Waals surface area contributed by atoms with Crippen LogP contribution in [0.5, 0.6) is 0 Å². The second-order valence-electron chi connectivity index (χ2n) is 6.80. The van der Waals surface area contributed by atoms with Gasteiger partial charge < -0.3 is 5.32 Å². The number of rotatable bonds is 8. The van der Waals surface area contributed by atoms with Gasteiger partial charge in [-0.3, -0.25) is 14.8 Å². The zero-order valence-corrected chi connectivity index (χ0v) is 15.9. The second-order valence-corrected chi connectivity index (χ2v) is 6.80. The number of carbonyl (C=O) groups is 1. The average molecular weight is 402 g/mol. The number of benzene rings is 2. The molecule has 3 rings (SSSR count). The topological polar surface area (TPSA) is 61.0 Å². The number of carbonyl (C=O) groups excluding carboxylic acids is 1. The number of hydrogen-bond donors (Lipinski definition) is 2. The molecule has 0 aliphatic rings. The van der Waals surface area contributed by atoms with Gasteiger partial charge in [-0.2, -0.15) is 5.10 Å². The Morgan fingerprint density at radius 3 is 2.55 bits per heavy atom. The zero-order valence-electron chi connectivity index (χ0n) is 15.9. The van der Waals surface area contributed by atoms with Crippen LogP contribution in [0.1, 0.15) is 12.1 Å². The third-order valence-electron chi connectivity index (χ3n) is 4.37. The van der Waals surface area contributed by atoms with Gasteiger partial charge in [0.1, 0.15) is 5.82 Å². The molecule has 0 aliphatic carbocycles. The van der Waals surface area contributed by atoms with Crippen molar-refractivity contribution in [1.29, 1.82) is 0 Å². The first-order valence-electron chi connectivity index (χ1n) is 9.14. The number of aryl methyl sites for hydroxylation is 1. The van der Waals surface area contributed by atoms with Crippen LogP contribution in [0.2, 0.25) is 0 Å². The molecule has 0 bridgehead atoms. The van der Waals surface area contributed by atoms with Gasteiger partial charge in [0.05, 0.1) is 12.2 Å². The molecule has 29 heavy (non-hydrogen) atoms. The van der Waals surface area contributed by atoms with Gasteiger partial charge in [-0.25, -0.2) is 13.2 Å². The lowest BCUT2D eigenvalue weighted by Gasteiger charge is -2.16. The highest BCUT2D eigenvalue weighted by Crippen LogP contribution is 2.18. The number of hydrogen-bond acceptors (Lipinski definition) is 3. The van der Waals surface area contributed by atoms with Gasteiger partial charge in [0.2, 0.25) is 5.91 Å². The summed E-state index contributed by atoms with van der Waals surface area (Å²) in [5, 5.41) is 9.75. The first-order chi connectivity index (χ1) is 13.9. The number of amides is 1. The number of aromatic nitrogens is 2. The average Bonchev–Trinajstić information content (AvgIpc) is 3.14. The summed E-state index contributed by atoms with van der Waals surface area (Å²) in [6, 6.07) is 11.3. The number of nitrogens with zero attached hydrogens (tertiary/aromatic N) is 2. The molecule has 0 atom stereocenters. The van der Waals surface area contributed by atoms with Gasteiger partial charge in [-0.05, 0) is 68.9 Å². The lowest BCUT2D eigenvalue weighted by molar-refractivity contribution is -0.117. The zero-order chi connectivity index (χ0) is 20.8. The van der Waals surface area contributed by atoms with E-state index in [1.54, 1.807) is 12.1 Å². The molecule has 3 aromatic rings. The van der Waals surface area contributed by atoms with Gasteiger partial charge in [0.15, 0.2) is 11.6 Å². The number of H-pyrrole nitrogens is 1. The molecule has 0 fully saturated rings. The van der Waals surface area contributed by atoms with Crippen molar-refractivity contribution >= 4 is 11.6 Å². The predicted molar refractivity (Wildman–Crippen MR) is 105 cm³/mol. The summed E-state index contributed by atoms with van der Waals surface area (Å²) in [5.41, 5.74) is 2.75. The first-order valence-corrected chi connectivity index (χ1v) is 9.14. The molecule has 2 aromatic carbocycles. The fourth-order valence-electron chi connectivity index (χ4n) is 2.90. The van der Waals surface area contributed by atoms with E-state index in [1.165, 1.54) is 18.2 Å². The Balaban J connectivity index is 1.42. The van der Waals surface area contributed by atoms with Crippen LogP contribution in [0.15, 0.2) is 48.5 Å². The van der Waals surface area contributed by atoms with Crippen LogP contribution in [-0.2, 0) is 11.2 Å². The van der Waals surface area contributed by atoms with Gasteiger partial charge in [0, 0.05) is 23.0 Å². The van der Waals surface area contributed by atoms with E-state index in [0.717, 1.165) is 41.9 Å². The van der Waals surface area contributed by atoms with Crippen molar-refractivity contribution in [1.82, 2.24) is 15.1 Å². The van der Waals surface area contributed by atoms with Crippen LogP contribution < -0.4 is 5.32 Å². The summed E-state index contributed by atoms with van der Waals surface area (Å²) in [5.74, 6) is -2.56. The number of aromatic amines is 1. The minimum absolute atomic E-state index is 0.128. The van der Waals surface area contributed by atoms with Crippen molar-refractivity contribution in [2.75, 3.05) is 25.5 Å². The molecule has 1 aromatic heterocycles. The third-order valence-corrected chi connectivity index (χ3v) is 4.37. The van der Waals surface area contributed by atoms with E-state index < -0.39 is 11.6 Å². The van der Waals surface area contributed by atoms with Crippen LogP contribution in [0.25, 0.3) is 11.3 Å². The summed E-state index contributed by atoms with van der Waals surface area (Å²) >= 11 is 0. The molecule has 0 saturated heterocycles. The molecule has 5 nitrogen and oxygen atoms in total. The Bertz CT molecular complexity index is 972. The van der Waals surface area contributed by atoms with Gasteiger partial charge in [0.25, 0.3) is 0 Å². The highest BCUT2D eigenvalue weighted by Gasteiger charge is 2.10. The number of nitrogens with one attached hydrogen (secondary N) is 2. The van der Waals surface area contributed by atoms with E-state index in [-0.39, 0.29) is 24.0 Å². The smallest absolute Gasteiger partial charge is 0.238 e. The van der Waals surface area contributed by atoms with Crippen molar-refractivity contribution in [2.24, 2.45) is 0 Å². The second kappa shape index (κ2) is 9.38. The molecular weight excluding hydrogens is 381 g/mol. The highest BCUT2D eigenvalue weighted by atomic mass is 19.2. The Kier molecular flexibility index (Phi) is 6.66. The molecule has 8 heteroatoms. The lowest BCUT2D eigenvalue weighted by atomic mass is 10.1. The predicted octanol–water partition coefficient (Wildman–Crippen LogP) is 4.00. The first kappa shape index (κ1) is 20.6. The van der Waals surface area contributed by atoms with E-state index in [9.17, 15) is 18.0 Å². The largest absolute Gasteiger partial charge is 0.325 e. The Labute approximate surface area is 166 Å². The van der Waals surface area contributed by atoms with E-state index in [1.807, 2.05) is 18.0 Å². The standard InChI is InChI=1S/C21H21F3N4O/c1-28(13-21(29)25-16-8-9-18(23)19(24)11-16)10-2-3-17-12-20(27-26-17)14-4-6-15(22)7-5-14/h4-9,11-12H,2-3,10,13H2,1H3,(H,25,29)(H,26,27). The van der Waals surface area contributed by atoms with Crippen molar-refractivity contribution in [3.8, 4) is 11.3 Å². The Morgan fingerprint density at radius 1 is 1.07 bits per heavy atom. The van der Waals surface area contributed by atoms with Gasteiger partial charge >= 0.3 is 0 Å². The molecular formula is C21H21F3N4O. The van der Waals surface area contributed by atoms with E-state index in [0.29, 0.717) is 6.54 Å². The molecule has 0 spiro atoms. The van der Waals surface area contributed by atoms with Gasteiger partial charge in [-0.15, -0.1) is 0 Å². The summed E-state index contributed by atoms with van der Waals surface area (Å²) in [4.78, 5) is 13.9. The molecule has 2 N–H and O–H groups in total. The minimum atomic E-state index is -1.00. The molecule has 0 radical (unpaired) electrons. The molecule has 152 valence electrons. The molecule has 0 saturated carbocycles. The normalized spacial score (nSPS) is 11.1. The SMILES string of the molecule is CN(CCCc1cc(-c2ccc(F)cc2)n[nH]1)CC(=O)Nc1ccc(F)c(F)c1. The van der Waals surface area contributed by atoms with Crippen molar-refractivity contribution in [3.05, 3.63) is 71.7 Å². The lowest BCUT2D eigenvalue weighted by Crippen LogP contribution is -2.31. The van der Waals surface area contributed by atoms with Crippen LogP contribution >= 0.6 is 0 Å². The maximum atomic E-state index is 13.2. The van der Waals surface area contributed by atoms with E-state index in [2.05, 4.69) is 15.5 Å². The molecule has 0 unspecified atom stereocenters. The van der Waals surface area contributed by atoms with Gasteiger partial charge in [-0.1, -0.05) is 0 Å². The fourth-order valence-corrected chi connectivity index (χ4v) is 2.90. The quantitative estimate of drug-likeness (QED) is 0.599. The van der Waals surface area contributed by atoms with Crippen LogP contribution in [-0.4, -0.2) is 41.1 Å². The third kappa shape index (κ3) is 5.92. The monoisotopic (exact) mass is 402 g/mol. The fraction of sp³-hybridized carbons (Fsp3) is 0.238. The summed E-state index contributed by atoms with van der Waals surface area (Å²) in [6.45, 7) is 0.791. The van der Waals surface area contributed by atoms with Crippen LogP contribution in [0.3, 0.4) is 0 Å². The summed E-state index contributed by atoms with van der Waals surface area (Å²) in [6.07, 6.45) is 1.53. The maximum Gasteiger partial charge on any atom is 0.238 e. The van der Waals surface area contributed by atoms with Crippen molar-refractivity contribution in [2.45, 2.75) is 12.8 Å². The Morgan fingerprint density at radius 2 is 1.83 bits per heavy atom. The number of likely N-dealkylation sites (N-methyl/N-ethyl adjacent to an activating group) is 1. The highest BCUT2D eigenvalue weighted by molar-refractivity contribution is 5.92. The van der Waals surface area contributed by atoms with Crippen molar-refractivity contribution < 1.29 is 18.0 Å².